The second-order valence-corrected chi connectivity index (χ2v) is 15.5. The van der Waals surface area contributed by atoms with Crippen molar-refractivity contribution in [3.63, 3.8) is 0 Å². The number of H-pyrrole nitrogens is 2. The van der Waals surface area contributed by atoms with E-state index in [4.69, 9.17) is 0 Å². The number of nitrogens with one attached hydrogen (secondary N) is 4. The zero-order valence-corrected chi connectivity index (χ0v) is 30.4. The van der Waals surface area contributed by atoms with Crippen LogP contribution in [0.3, 0.4) is 0 Å². The molecule has 1 unspecified atom stereocenters. The monoisotopic (exact) mass is 793 g/mol. The molecule has 18 heteroatoms. The summed E-state index contributed by atoms with van der Waals surface area (Å²) >= 11 is 0. The molecule has 0 fully saturated rings. The SMILES string of the molecule is CC1(C)CC(=O)C2=C(C1)Nc1n[nH]c(C(F)(F)F)c1C2.CC1(C)CC(=O)C2=C(C1)Nc1n[nH]c(C(F)(F)F)c1C2c1cccnc1.FC(F)(F)c1ccccc1. The normalized spacial score (nSPS) is 19.8. The van der Waals surface area contributed by atoms with Crippen LogP contribution in [-0.2, 0) is 34.5 Å². The van der Waals surface area contributed by atoms with E-state index in [-0.39, 0.29) is 51.6 Å². The smallest absolute Gasteiger partial charge is 0.342 e. The van der Waals surface area contributed by atoms with Crippen molar-refractivity contribution in [2.75, 3.05) is 10.6 Å². The molecule has 4 N–H and O–H groups in total. The quantitative estimate of drug-likeness (QED) is 0.141. The molecule has 0 bridgehead atoms. The number of ketones is 2. The highest BCUT2D eigenvalue weighted by Crippen LogP contribution is 2.51. The Morgan fingerprint density at radius 3 is 1.80 bits per heavy atom. The van der Waals surface area contributed by atoms with E-state index in [1.165, 1.54) is 18.3 Å². The van der Waals surface area contributed by atoms with Crippen molar-refractivity contribution in [3.8, 4) is 0 Å². The number of alkyl halides is 9. The lowest BCUT2D eigenvalue weighted by Crippen LogP contribution is -2.34. The molecular formula is C38H36F9N7O2. The Bertz CT molecular complexity index is 2190. The van der Waals surface area contributed by atoms with Gasteiger partial charge < -0.3 is 10.6 Å². The molecule has 4 aliphatic rings. The fourth-order valence-corrected chi connectivity index (χ4v) is 7.40. The van der Waals surface area contributed by atoms with Gasteiger partial charge >= 0.3 is 18.5 Å². The minimum absolute atomic E-state index is 0.00206. The van der Waals surface area contributed by atoms with Crippen molar-refractivity contribution in [3.05, 3.63) is 111 Å². The van der Waals surface area contributed by atoms with Crippen LogP contribution in [-0.4, -0.2) is 36.9 Å². The van der Waals surface area contributed by atoms with Gasteiger partial charge in [-0.1, -0.05) is 64.1 Å². The molecule has 2 aliphatic heterocycles. The van der Waals surface area contributed by atoms with Gasteiger partial charge in [0.1, 0.15) is 11.4 Å². The Morgan fingerprint density at radius 1 is 0.661 bits per heavy atom. The minimum Gasteiger partial charge on any atom is -0.342 e. The first-order chi connectivity index (χ1) is 26.0. The van der Waals surface area contributed by atoms with Gasteiger partial charge in [0, 0.05) is 71.2 Å². The van der Waals surface area contributed by atoms with Crippen LogP contribution in [0, 0.1) is 10.8 Å². The first-order valence-corrected chi connectivity index (χ1v) is 17.3. The second-order valence-electron chi connectivity index (χ2n) is 15.5. The van der Waals surface area contributed by atoms with Crippen LogP contribution in [0.4, 0.5) is 51.1 Å². The molecular weight excluding hydrogens is 757 g/mol. The zero-order chi connectivity index (χ0) is 41.0. The second kappa shape index (κ2) is 14.3. The third-order valence-electron chi connectivity index (χ3n) is 9.74. The Balaban J connectivity index is 0.000000156. The van der Waals surface area contributed by atoms with Gasteiger partial charge in [-0.15, -0.1) is 0 Å². The first-order valence-electron chi connectivity index (χ1n) is 17.3. The molecule has 0 radical (unpaired) electrons. The van der Waals surface area contributed by atoms with Gasteiger partial charge in [0.2, 0.25) is 0 Å². The Hall–Kier alpha value is -5.42. The van der Waals surface area contributed by atoms with Crippen LogP contribution in [0.5, 0.6) is 0 Å². The molecule has 0 saturated carbocycles. The summed E-state index contributed by atoms with van der Waals surface area (Å²) in [5.41, 5.74) is -0.110. The van der Waals surface area contributed by atoms with Gasteiger partial charge in [0.15, 0.2) is 23.2 Å². The summed E-state index contributed by atoms with van der Waals surface area (Å²) in [6, 6.07) is 9.71. The summed E-state index contributed by atoms with van der Waals surface area (Å²) < 4.78 is 115. The van der Waals surface area contributed by atoms with Gasteiger partial charge in [-0.3, -0.25) is 24.8 Å². The number of rotatable bonds is 1. The predicted molar refractivity (Wildman–Crippen MR) is 186 cm³/mol. The van der Waals surface area contributed by atoms with E-state index >= 15 is 0 Å². The van der Waals surface area contributed by atoms with E-state index in [9.17, 15) is 49.1 Å². The van der Waals surface area contributed by atoms with E-state index in [0.717, 1.165) is 12.1 Å². The number of anilines is 2. The molecule has 1 atom stereocenters. The number of aromatic nitrogens is 5. The van der Waals surface area contributed by atoms with E-state index in [1.807, 2.05) is 32.8 Å². The lowest BCUT2D eigenvalue weighted by Gasteiger charge is -2.38. The van der Waals surface area contributed by atoms with Gasteiger partial charge in [-0.25, -0.2) is 0 Å². The van der Waals surface area contributed by atoms with Crippen molar-refractivity contribution in [1.29, 1.82) is 0 Å². The number of nitrogens with zero attached hydrogens (tertiary/aromatic N) is 3. The van der Waals surface area contributed by atoms with Crippen LogP contribution >= 0.6 is 0 Å². The lowest BCUT2D eigenvalue weighted by molar-refractivity contribution is -0.142. The van der Waals surface area contributed by atoms with E-state index < -0.39 is 41.4 Å². The molecule has 0 amide bonds. The number of hydrogen-bond acceptors (Lipinski definition) is 7. The maximum atomic E-state index is 13.5. The zero-order valence-electron chi connectivity index (χ0n) is 30.4. The summed E-state index contributed by atoms with van der Waals surface area (Å²) in [5.74, 6) is -0.757. The first kappa shape index (κ1) is 40.2. The molecule has 4 aromatic rings. The van der Waals surface area contributed by atoms with Gasteiger partial charge in [-0.2, -0.15) is 49.7 Å². The van der Waals surface area contributed by atoms with Gasteiger partial charge in [-0.05, 0) is 35.3 Å². The predicted octanol–water partition coefficient (Wildman–Crippen LogP) is 9.77. The number of carbonyl (C=O) groups is 2. The van der Waals surface area contributed by atoms with E-state index in [0.29, 0.717) is 53.8 Å². The van der Waals surface area contributed by atoms with Crippen LogP contribution in [0.1, 0.15) is 92.9 Å². The van der Waals surface area contributed by atoms with Gasteiger partial charge in [0.05, 0.1) is 5.56 Å². The van der Waals surface area contributed by atoms with E-state index in [2.05, 4.69) is 30.9 Å². The number of allylic oxidation sites excluding steroid dienone is 4. The van der Waals surface area contributed by atoms with Crippen molar-refractivity contribution >= 4 is 23.2 Å². The number of benzene rings is 1. The van der Waals surface area contributed by atoms with Crippen LogP contribution < -0.4 is 10.6 Å². The molecule has 8 rings (SSSR count). The van der Waals surface area contributed by atoms with E-state index in [1.54, 1.807) is 24.4 Å². The summed E-state index contributed by atoms with van der Waals surface area (Å²) in [5, 5.41) is 17.5. The number of pyridine rings is 1. The lowest BCUT2D eigenvalue weighted by atomic mass is 9.69. The number of halogens is 9. The summed E-state index contributed by atoms with van der Waals surface area (Å²) in [7, 11) is 0. The van der Waals surface area contributed by atoms with Crippen molar-refractivity contribution < 1.29 is 49.1 Å². The molecule has 5 heterocycles. The Kier molecular flexibility index (Phi) is 10.2. The highest BCUT2D eigenvalue weighted by atomic mass is 19.4. The molecule has 56 heavy (non-hydrogen) atoms. The maximum Gasteiger partial charge on any atom is 0.433 e. The highest BCUT2D eigenvalue weighted by Gasteiger charge is 2.47. The number of hydrogen-bond donors (Lipinski definition) is 4. The molecule has 1 aromatic carbocycles. The molecule has 0 saturated heterocycles. The van der Waals surface area contributed by atoms with Crippen molar-refractivity contribution in [1.82, 2.24) is 25.4 Å². The standard InChI is InChI=1S/C18H17F3N4O.C13H14F3N3O.C7H5F3/c1-17(2)6-10-13(11(26)7-17)12(9-4-3-5-22-8-9)14-15(18(19,20)21)24-25-16(14)23-10;1-12(2)4-8-6(9(20)5-12)3-7-10(13(14,15)16)18-19-11(7)17-8;8-7(9,10)6-4-2-1-3-5-6/h3-5,8,12H,6-7H2,1-2H3,(H2,23,24,25);3-5H2,1-2H3,(H2,17,18,19);1-5H. The fraction of sp³-hybridized carbons (Fsp3) is 0.395. The molecule has 2 aliphatic carbocycles. The van der Waals surface area contributed by atoms with Crippen LogP contribution in [0.2, 0.25) is 0 Å². The third kappa shape index (κ3) is 8.38. The molecule has 9 nitrogen and oxygen atoms in total. The Labute approximate surface area is 314 Å². The van der Waals surface area contributed by atoms with Crippen LogP contribution in [0.25, 0.3) is 0 Å². The average Bonchev–Trinajstić information content (AvgIpc) is 3.71. The van der Waals surface area contributed by atoms with Crippen molar-refractivity contribution in [2.45, 2.75) is 84.2 Å². The van der Waals surface area contributed by atoms with Crippen LogP contribution in [0.15, 0.2) is 77.4 Å². The maximum absolute atomic E-state index is 13.5. The fourth-order valence-electron chi connectivity index (χ4n) is 7.40. The molecule has 0 spiro atoms. The number of fused-ring (bicyclic) bond motifs is 2. The third-order valence-corrected chi connectivity index (χ3v) is 9.74. The molecule has 3 aromatic heterocycles. The largest absolute Gasteiger partial charge is 0.433 e. The summed E-state index contributed by atoms with van der Waals surface area (Å²) in [6.45, 7) is 7.88. The topological polar surface area (TPSA) is 128 Å². The summed E-state index contributed by atoms with van der Waals surface area (Å²) in [4.78, 5) is 29.1. The minimum atomic E-state index is -4.60. The van der Waals surface area contributed by atoms with Crippen molar-refractivity contribution in [2.24, 2.45) is 10.8 Å². The number of carbonyl (C=O) groups excluding carboxylic acids is 2. The number of Topliss-reactive ketones (excluding diaryl/α,β-unsaturated/α-hetero) is 2. The van der Waals surface area contributed by atoms with Gasteiger partial charge in [0.25, 0.3) is 0 Å². The average molecular weight is 794 g/mol. The molecule has 298 valence electrons. The summed E-state index contributed by atoms with van der Waals surface area (Å²) in [6.07, 6.45) is -8.38. The number of aromatic amines is 2. The Morgan fingerprint density at radius 2 is 1.23 bits per heavy atom. The highest BCUT2D eigenvalue weighted by molar-refractivity contribution is 6.01.